The van der Waals surface area contributed by atoms with E-state index in [0.717, 1.165) is 6.20 Å². The normalized spacial score (nSPS) is 10.6. The molecule has 0 spiro atoms. The summed E-state index contributed by atoms with van der Waals surface area (Å²) in [6.45, 7) is 0. The molecule has 0 unspecified atom stereocenters. The summed E-state index contributed by atoms with van der Waals surface area (Å²) < 4.78 is 43.2. The van der Waals surface area contributed by atoms with Crippen LogP contribution in [-0.4, -0.2) is 11.1 Å². The molecule has 22 heavy (non-hydrogen) atoms. The Morgan fingerprint density at radius 2 is 1.95 bits per heavy atom. The van der Waals surface area contributed by atoms with E-state index in [9.17, 15) is 18.0 Å². The van der Waals surface area contributed by atoms with Crippen LogP contribution in [0.4, 0.5) is 23.7 Å². The highest BCUT2D eigenvalue weighted by Gasteiger charge is 2.34. The third kappa shape index (κ3) is 3.73. The lowest BCUT2D eigenvalue weighted by molar-refractivity contribution is -0.138. The number of carbonyl (C=O) groups excluding carboxylic acids is 1. The first-order chi connectivity index (χ1) is 10.4. The van der Waals surface area contributed by atoms with Gasteiger partial charge in [0.05, 0.1) is 17.4 Å². The molecule has 2 rings (SSSR count). The van der Waals surface area contributed by atoms with Crippen molar-refractivity contribution in [2.24, 2.45) is 0 Å². The number of ether oxygens (including phenoxy) is 1. The first-order valence-electron chi connectivity index (χ1n) is 5.91. The summed E-state index contributed by atoms with van der Waals surface area (Å²) in [7, 11) is 0. The van der Waals surface area contributed by atoms with Gasteiger partial charge in [0.25, 0.3) is 0 Å². The molecule has 112 valence electrons. The van der Waals surface area contributed by atoms with Crippen LogP contribution >= 0.6 is 0 Å². The third-order valence-electron chi connectivity index (χ3n) is 2.50. The number of alkyl halides is 3. The summed E-state index contributed by atoms with van der Waals surface area (Å²) in [5, 5.41) is 10.7. The van der Waals surface area contributed by atoms with Crippen LogP contribution in [0.15, 0.2) is 42.6 Å². The SMILES string of the molecule is N#Cc1ncc(NC(=O)Oc2ccccc2)cc1C(F)(F)F. The average molecular weight is 307 g/mol. The van der Waals surface area contributed by atoms with E-state index < -0.39 is 23.5 Å². The predicted octanol–water partition coefficient (Wildman–Crippen LogP) is 3.58. The Morgan fingerprint density at radius 3 is 2.55 bits per heavy atom. The van der Waals surface area contributed by atoms with Gasteiger partial charge in [0.15, 0.2) is 5.69 Å². The van der Waals surface area contributed by atoms with Crippen LogP contribution in [0, 0.1) is 11.3 Å². The van der Waals surface area contributed by atoms with Crippen LogP contribution in [-0.2, 0) is 6.18 Å². The van der Waals surface area contributed by atoms with Crippen LogP contribution < -0.4 is 10.1 Å². The number of para-hydroxylation sites is 1. The molecule has 1 aromatic carbocycles. The molecule has 1 aromatic heterocycles. The number of amides is 1. The molecule has 0 fully saturated rings. The van der Waals surface area contributed by atoms with E-state index in [-0.39, 0.29) is 11.4 Å². The second-order valence-corrected chi connectivity index (χ2v) is 4.06. The van der Waals surface area contributed by atoms with Crippen molar-refractivity contribution < 1.29 is 22.7 Å². The number of nitriles is 1. The second-order valence-electron chi connectivity index (χ2n) is 4.06. The maximum absolute atomic E-state index is 12.8. The quantitative estimate of drug-likeness (QED) is 0.920. The predicted molar refractivity (Wildman–Crippen MR) is 70.0 cm³/mol. The first-order valence-corrected chi connectivity index (χ1v) is 5.91. The van der Waals surface area contributed by atoms with E-state index in [0.29, 0.717) is 6.07 Å². The van der Waals surface area contributed by atoms with Gasteiger partial charge < -0.3 is 4.74 Å². The van der Waals surface area contributed by atoms with E-state index in [1.54, 1.807) is 18.2 Å². The number of nitrogens with one attached hydrogen (secondary N) is 1. The second kappa shape index (κ2) is 6.13. The Kier molecular flexibility index (Phi) is 4.27. The topological polar surface area (TPSA) is 75.0 Å². The minimum absolute atomic E-state index is 0.229. The van der Waals surface area contributed by atoms with Crippen LogP contribution in [0.3, 0.4) is 0 Å². The first kappa shape index (κ1) is 15.3. The van der Waals surface area contributed by atoms with E-state index in [1.165, 1.54) is 18.2 Å². The highest BCUT2D eigenvalue weighted by Crippen LogP contribution is 2.32. The number of carbonyl (C=O) groups is 1. The van der Waals surface area contributed by atoms with Crippen LogP contribution in [0.1, 0.15) is 11.3 Å². The summed E-state index contributed by atoms with van der Waals surface area (Å²) in [5.74, 6) is 0.234. The van der Waals surface area contributed by atoms with Crippen LogP contribution in [0.2, 0.25) is 0 Å². The molecule has 0 aliphatic rings. The van der Waals surface area contributed by atoms with Gasteiger partial charge in [0.2, 0.25) is 0 Å². The third-order valence-corrected chi connectivity index (χ3v) is 2.50. The van der Waals surface area contributed by atoms with Gasteiger partial charge in [0.1, 0.15) is 11.8 Å². The van der Waals surface area contributed by atoms with Crippen molar-refractivity contribution >= 4 is 11.8 Å². The minimum atomic E-state index is -4.75. The van der Waals surface area contributed by atoms with Gasteiger partial charge in [0, 0.05) is 0 Å². The number of nitrogens with zero attached hydrogens (tertiary/aromatic N) is 2. The van der Waals surface area contributed by atoms with Gasteiger partial charge in [-0.2, -0.15) is 18.4 Å². The minimum Gasteiger partial charge on any atom is -0.410 e. The van der Waals surface area contributed by atoms with Gasteiger partial charge in [-0.3, -0.25) is 5.32 Å². The van der Waals surface area contributed by atoms with Gasteiger partial charge >= 0.3 is 12.3 Å². The van der Waals surface area contributed by atoms with E-state index >= 15 is 0 Å². The number of hydrogen-bond acceptors (Lipinski definition) is 4. The zero-order valence-electron chi connectivity index (χ0n) is 10.9. The van der Waals surface area contributed by atoms with E-state index in [1.807, 2.05) is 0 Å². The molecule has 0 aliphatic carbocycles. The maximum atomic E-state index is 12.8. The van der Waals surface area contributed by atoms with Gasteiger partial charge in [-0.25, -0.2) is 9.78 Å². The standard InChI is InChI=1S/C14H8F3N3O2/c15-14(16,17)11-6-9(8-19-12(11)7-18)20-13(21)22-10-4-2-1-3-5-10/h1-6,8H,(H,20,21). The number of rotatable bonds is 2. The van der Waals surface area contributed by atoms with E-state index in [2.05, 4.69) is 10.3 Å². The zero-order valence-corrected chi connectivity index (χ0v) is 10.9. The van der Waals surface area contributed by atoms with Crippen molar-refractivity contribution in [3.8, 4) is 11.8 Å². The molecule has 0 saturated heterocycles. The zero-order chi connectivity index (χ0) is 16.2. The van der Waals surface area contributed by atoms with Gasteiger partial charge in [-0.1, -0.05) is 18.2 Å². The van der Waals surface area contributed by atoms with E-state index in [4.69, 9.17) is 10.00 Å². The molecule has 0 radical (unpaired) electrons. The number of anilines is 1. The number of halogens is 3. The fourth-order valence-corrected chi connectivity index (χ4v) is 1.58. The summed E-state index contributed by atoms with van der Waals surface area (Å²) in [4.78, 5) is 15.0. The summed E-state index contributed by atoms with van der Waals surface area (Å²) >= 11 is 0. The van der Waals surface area contributed by atoms with Crippen molar-refractivity contribution in [2.45, 2.75) is 6.18 Å². The van der Waals surface area contributed by atoms with Gasteiger partial charge in [-0.15, -0.1) is 0 Å². The summed E-state index contributed by atoms with van der Waals surface area (Å²) in [6.07, 6.45) is -4.77. The Balaban J connectivity index is 2.17. The molecule has 1 amide bonds. The Labute approximate surface area is 123 Å². The Hall–Kier alpha value is -3.08. The molecule has 0 bridgehead atoms. The lowest BCUT2D eigenvalue weighted by Crippen LogP contribution is -2.18. The number of pyridine rings is 1. The number of hydrogen-bond donors (Lipinski definition) is 1. The molecule has 0 aliphatic heterocycles. The van der Waals surface area contributed by atoms with Crippen molar-refractivity contribution in [1.29, 1.82) is 5.26 Å². The Morgan fingerprint density at radius 1 is 1.27 bits per heavy atom. The largest absolute Gasteiger partial charge is 0.419 e. The highest BCUT2D eigenvalue weighted by atomic mass is 19.4. The van der Waals surface area contributed by atoms with Crippen LogP contribution in [0.25, 0.3) is 0 Å². The molecule has 8 heteroatoms. The summed E-state index contributed by atoms with van der Waals surface area (Å²) in [5.41, 5.74) is -2.23. The molecule has 5 nitrogen and oxygen atoms in total. The smallest absolute Gasteiger partial charge is 0.410 e. The monoisotopic (exact) mass is 307 g/mol. The molecule has 2 aromatic rings. The maximum Gasteiger partial charge on any atom is 0.419 e. The fourth-order valence-electron chi connectivity index (χ4n) is 1.58. The Bertz CT molecular complexity index is 724. The van der Waals surface area contributed by atoms with Gasteiger partial charge in [-0.05, 0) is 18.2 Å². The molecule has 1 N–H and O–H groups in total. The molecular formula is C14H8F3N3O2. The number of aromatic nitrogens is 1. The fraction of sp³-hybridized carbons (Fsp3) is 0.0714. The molecule has 0 saturated carbocycles. The lowest BCUT2D eigenvalue weighted by atomic mass is 10.2. The van der Waals surface area contributed by atoms with Crippen molar-refractivity contribution in [3.63, 3.8) is 0 Å². The van der Waals surface area contributed by atoms with Crippen LogP contribution in [0.5, 0.6) is 5.75 Å². The highest BCUT2D eigenvalue weighted by molar-refractivity contribution is 5.86. The average Bonchev–Trinajstić information content (AvgIpc) is 2.47. The lowest BCUT2D eigenvalue weighted by Gasteiger charge is -2.11. The number of benzene rings is 1. The van der Waals surface area contributed by atoms with Crippen molar-refractivity contribution in [2.75, 3.05) is 5.32 Å². The van der Waals surface area contributed by atoms with Crippen molar-refractivity contribution in [1.82, 2.24) is 4.98 Å². The molecular weight excluding hydrogens is 299 g/mol. The molecule has 0 atom stereocenters. The molecule has 1 heterocycles. The summed E-state index contributed by atoms with van der Waals surface area (Å²) in [6, 6.07) is 9.97. The van der Waals surface area contributed by atoms with Crippen molar-refractivity contribution in [3.05, 3.63) is 53.9 Å².